The van der Waals surface area contributed by atoms with Crippen molar-refractivity contribution in [1.82, 2.24) is 0 Å². The first-order valence-corrected chi connectivity index (χ1v) is 7.87. The summed E-state index contributed by atoms with van der Waals surface area (Å²) >= 11 is 13.8. The minimum atomic E-state index is -0.581. The van der Waals surface area contributed by atoms with Crippen LogP contribution in [0.4, 0.5) is 0 Å². The molecule has 4 heteroatoms. The number of aliphatic hydroxyl groups is 1. The lowest BCUT2D eigenvalue weighted by atomic mass is 10.0. The van der Waals surface area contributed by atoms with Crippen LogP contribution in [0.2, 0.25) is 10.0 Å². The molecule has 0 bridgehead atoms. The maximum absolute atomic E-state index is 10.5. The van der Waals surface area contributed by atoms with Crippen LogP contribution in [0.5, 0.6) is 0 Å². The van der Waals surface area contributed by atoms with Gasteiger partial charge in [0.05, 0.1) is 6.10 Å². The predicted octanol–water partition coefficient (Wildman–Crippen LogP) is 5.48. The van der Waals surface area contributed by atoms with Crippen molar-refractivity contribution >= 4 is 44.6 Å². The minimum absolute atomic E-state index is 0.458. The van der Waals surface area contributed by atoms with E-state index >= 15 is 0 Å². The molecule has 1 heterocycles. The molecule has 0 aliphatic rings. The van der Waals surface area contributed by atoms with E-state index in [0.29, 0.717) is 16.5 Å². The second kappa shape index (κ2) is 5.74. The van der Waals surface area contributed by atoms with E-state index in [1.165, 1.54) is 4.70 Å². The van der Waals surface area contributed by atoms with Crippen LogP contribution in [0.15, 0.2) is 47.8 Å². The Morgan fingerprint density at radius 3 is 2.75 bits per heavy atom. The van der Waals surface area contributed by atoms with Crippen LogP contribution in [-0.4, -0.2) is 5.11 Å². The first-order valence-electron chi connectivity index (χ1n) is 6.23. The average molecular weight is 323 g/mol. The Labute approximate surface area is 131 Å². The monoisotopic (exact) mass is 322 g/mol. The van der Waals surface area contributed by atoms with Gasteiger partial charge in [0.15, 0.2) is 0 Å². The fourth-order valence-electron chi connectivity index (χ4n) is 2.27. The van der Waals surface area contributed by atoms with Gasteiger partial charge < -0.3 is 5.11 Å². The number of hydrogen-bond donors (Lipinski definition) is 1. The van der Waals surface area contributed by atoms with Crippen molar-refractivity contribution in [3.63, 3.8) is 0 Å². The molecule has 102 valence electrons. The molecule has 1 nitrogen and oxygen atoms in total. The zero-order chi connectivity index (χ0) is 14.1. The van der Waals surface area contributed by atoms with Crippen molar-refractivity contribution in [2.24, 2.45) is 0 Å². The number of rotatable bonds is 3. The van der Waals surface area contributed by atoms with Gasteiger partial charge in [0.1, 0.15) is 0 Å². The summed E-state index contributed by atoms with van der Waals surface area (Å²) in [5.41, 5.74) is 1.81. The summed E-state index contributed by atoms with van der Waals surface area (Å²) in [6, 6.07) is 13.4. The lowest BCUT2D eigenvalue weighted by Gasteiger charge is -2.12. The van der Waals surface area contributed by atoms with E-state index in [-0.39, 0.29) is 0 Å². The summed E-state index contributed by atoms with van der Waals surface area (Å²) in [6.07, 6.45) is -0.123. The van der Waals surface area contributed by atoms with Gasteiger partial charge in [-0.15, -0.1) is 11.3 Å². The quantitative estimate of drug-likeness (QED) is 0.676. The molecule has 0 fully saturated rings. The molecule has 1 unspecified atom stereocenters. The van der Waals surface area contributed by atoms with Crippen molar-refractivity contribution < 1.29 is 5.11 Å². The van der Waals surface area contributed by atoms with E-state index in [0.717, 1.165) is 16.5 Å². The Bertz CT molecular complexity index is 751. The Kier molecular flexibility index (Phi) is 3.99. The number of aliphatic hydroxyl groups excluding tert-OH is 1. The van der Waals surface area contributed by atoms with Crippen LogP contribution < -0.4 is 0 Å². The molecule has 0 spiro atoms. The van der Waals surface area contributed by atoms with E-state index in [1.807, 2.05) is 29.6 Å². The van der Waals surface area contributed by atoms with E-state index in [1.54, 1.807) is 23.5 Å². The summed E-state index contributed by atoms with van der Waals surface area (Å²) in [7, 11) is 0. The summed E-state index contributed by atoms with van der Waals surface area (Å²) in [5, 5.41) is 14.9. The summed E-state index contributed by atoms with van der Waals surface area (Å²) in [5.74, 6) is 0. The molecule has 2 aromatic carbocycles. The maximum Gasteiger partial charge on any atom is 0.0844 e. The molecule has 0 saturated heterocycles. The third-order valence-corrected chi connectivity index (χ3v) is 4.88. The molecular formula is C16H12Cl2OS. The van der Waals surface area contributed by atoms with Crippen LogP contribution in [0.25, 0.3) is 10.1 Å². The first kappa shape index (κ1) is 13.9. The highest BCUT2D eigenvalue weighted by atomic mass is 35.5. The van der Waals surface area contributed by atoms with Gasteiger partial charge in [-0.1, -0.05) is 41.4 Å². The third-order valence-electron chi connectivity index (χ3n) is 3.29. The molecule has 3 aromatic rings. The number of benzene rings is 2. The van der Waals surface area contributed by atoms with Crippen molar-refractivity contribution in [2.45, 2.75) is 12.5 Å². The van der Waals surface area contributed by atoms with Gasteiger partial charge in [0.2, 0.25) is 0 Å². The second-order valence-electron chi connectivity index (χ2n) is 4.64. The molecule has 20 heavy (non-hydrogen) atoms. The first-order chi connectivity index (χ1) is 9.65. The maximum atomic E-state index is 10.5. The molecule has 0 amide bonds. The van der Waals surface area contributed by atoms with Gasteiger partial charge in [-0.2, -0.15) is 0 Å². The molecule has 1 aromatic heterocycles. The number of hydrogen-bond acceptors (Lipinski definition) is 2. The predicted molar refractivity (Wildman–Crippen MR) is 87.0 cm³/mol. The van der Waals surface area contributed by atoms with Gasteiger partial charge >= 0.3 is 0 Å². The SMILES string of the molecule is OC(Cc1cc(Cl)ccc1Cl)c1csc2ccccc12. The van der Waals surface area contributed by atoms with E-state index in [9.17, 15) is 5.11 Å². The molecule has 3 rings (SSSR count). The molecular weight excluding hydrogens is 311 g/mol. The normalized spacial score (nSPS) is 12.8. The summed E-state index contributed by atoms with van der Waals surface area (Å²) < 4.78 is 1.18. The van der Waals surface area contributed by atoms with Gasteiger partial charge in [-0.25, -0.2) is 0 Å². The van der Waals surface area contributed by atoms with Gasteiger partial charge in [0, 0.05) is 21.2 Å². The van der Waals surface area contributed by atoms with Crippen molar-refractivity contribution in [1.29, 1.82) is 0 Å². The molecule has 1 N–H and O–H groups in total. The van der Waals surface area contributed by atoms with Crippen LogP contribution in [-0.2, 0) is 6.42 Å². The van der Waals surface area contributed by atoms with Gasteiger partial charge in [0.25, 0.3) is 0 Å². The van der Waals surface area contributed by atoms with Crippen LogP contribution in [0.3, 0.4) is 0 Å². The van der Waals surface area contributed by atoms with Gasteiger partial charge in [-0.05, 0) is 46.2 Å². The zero-order valence-corrected chi connectivity index (χ0v) is 12.8. The van der Waals surface area contributed by atoms with Crippen molar-refractivity contribution in [2.75, 3.05) is 0 Å². The number of thiophene rings is 1. The Morgan fingerprint density at radius 1 is 1.10 bits per heavy atom. The van der Waals surface area contributed by atoms with Crippen LogP contribution in [0.1, 0.15) is 17.2 Å². The van der Waals surface area contributed by atoms with Crippen molar-refractivity contribution in [3.05, 3.63) is 69.0 Å². The lowest BCUT2D eigenvalue weighted by molar-refractivity contribution is 0.180. The standard InChI is InChI=1S/C16H12Cl2OS/c17-11-5-6-14(18)10(7-11)8-15(19)13-9-20-16-4-2-1-3-12(13)16/h1-7,9,15,19H,8H2. The van der Waals surface area contributed by atoms with Crippen molar-refractivity contribution in [3.8, 4) is 0 Å². The molecule has 0 aliphatic carbocycles. The minimum Gasteiger partial charge on any atom is -0.388 e. The number of halogens is 2. The molecule has 0 radical (unpaired) electrons. The van der Waals surface area contributed by atoms with Gasteiger partial charge in [-0.3, -0.25) is 0 Å². The lowest BCUT2D eigenvalue weighted by Crippen LogP contribution is -2.01. The zero-order valence-electron chi connectivity index (χ0n) is 10.5. The van der Waals surface area contributed by atoms with Crippen LogP contribution >= 0.6 is 34.5 Å². The summed E-state index contributed by atoms with van der Waals surface area (Å²) in [6.45, 7) is 0. The largest absolute Gasteiger partial charge is 0.388 e. The Hall–Kier alpha value is -1.06. The number of fused-ring (bicyclic) bond motifs is 1. The highest BCUT2D eigenvalue weighted by molar-refractivity contribution is 7.17. The third kappa shape index (κ3) is 2.70. The fraction of sp³-hybridized carbons (Fsp3) is 0.125. The highest BCUT2D eigenvalue weighted by Gasteiger charge is 2.15. The molecule has 0 aliphatic heterocycles. The smallest absolute Gasteiger partial charge is 0.0844 e. The van der Waals surface area contributed by atoms with Crippen LogP contribution in [0, 0.1) is 0 Å². The average Bonchev–Trinajstić information content (AvgIpc) is 2.87. The topological polar surface area (TPSA) is 20.2 Å². The van der Waals surface area contributed by atoms with E-state index < -0.39 is 6.10 Å². The molecule has 0 saturated carbocycles. The summed E-state index contributed by atoms with van der Waals surface area (Å²) in [4.78, 5) is 0. The van der Waals surface area contributed by atoms with E-state index in [2.05, 4.69) is 6.07 Å². The second-order valence-corrected chi connectivity index (χ2v) is 6.40. The Balaban J connectivity index is 1.93. The highest BCUT2D eigenvalue weighted by Crippen LogP contribution is 2.33. The fourth-order valence-corrected chi connectivity index (χ4v) is 3.67. The Morgan fingerprint density at radius 2 is 1.90 bits per heavy atom. The molecule has 1 atom stereocenters. The van der Waals surface area contributed by atoms with E-state index in [4.69, 9.17) is 23.2 Å².